The first-order valence-electron chi connectivity index (χ1n) is 21.1. The molecule has 0 unspecified atom stereocenters. The van der Waals surface area contributed by atoms with Crippen LogP contribution in [0.15, 0.2) is 237 Å². The topological polar surface area (TPSA) is 3.24 Å². The molecule has 0 saturated heterocycles. The fraction of sp³-hybridized carbons (Fsp3) is 0. The van der Waals surface area contributed by atoms with Gasteiger partial charge in [0.2, 0.25) is 0 Å². The summed E-state index contributed by atoms with van der Waals surface area (Å²) in [4.78, 5) is 2.44. The van der Waals surface area contributed by atoms with Crippen LogP contribution in [0.1, 0.15) is 0 Å². The number of hydrogen-bond donors (Lipinski definition) is 0. The first kappa shape index (κ1) is 35.0. The Hall–Kier alpha value is -8.00. The Kier molecular flexibility index (Phi) is 8.25. The number of rotatable bonds is 6. The average molecular weight is 774 g/mol. The third-order valence-electron chi connectivity index (χ3n) is 12.6. The van der Waals surface area contributed by atoms with Gasteiger partial charge in [0.1, 0.15) is 0 Å². The molecule has 12 aromatic carbocycles. The van der Waals surface area contributed by atoms with E-state index in [0.29, 0.717) is 0 Å². The van der Waals surface area contributed by atoms with Crippen LogP contribution in [-0.4, -0.2) is 0 Å². The third-order valence-corrected chi connectivity index (χ3v) is 12.6. The molecule has 1 nitrogen and oxygen atoms in total. The predicted octanol–water partition coefficient (Wildman–Crippen LogP) is 17.1. The van der Waals surface area contributed by atoms with Gasteiger partial charge in [-0.3, -0.25) is 0 Å². The van der Waals surface area contributed by atoms with Crippen LogP contribution in [0.4, 0.5) is 17.1 Å². The lowest BCUT2D eigenvalue weighted by Crippen LogP contribution is -2.10. The highest BCUT2D eigenvalue weighted by Crippen LogP contribution is 2.44. The fourth-order valence-corrected chi connectivity index (χ4v) is 9.76. The lowest BCUT2D eigenvalue weighted by Gasteiger charge is -2.27. The first-order chi connectivity index (χ1) is 30.2. The summed E-state index contributed by atoms with van der Waals surface area (Å²) in [5, 5.41) is 15.1. The summed E-state index contributed by atoms with van der Waals surface area (Å²) in [5.41, 5.74) is 10.5. The van der Waals surface area contributed by atoms with E-state index in [-0.39, 0.29) is 0 Å². The summed E-state index contributed by atoms with van der Waals surface area (Å²) in [6.45, 7) is 0. The SMILES string of the molecule is c1cc(-c2cc3ccccc3c3ccccc23)cc(N(c2cccc(-c3cc4ccccc4c4ccccc34)c2)c2cccc(-c3cc4ccccc4c4ccccc34)c2)c1. The van der Waals surface area contributed by atoms with Crippen LogP contribution in [0.3, 0.4) is 0 Å². The molecule has 0 heterocycles. The summed E-state index contributed by atoms with van der Waals surface area (Å²) < 4.78 is 0. The van der Waals surface area contributed by atoms with Gasteiger partial charge in [0, 0.05) is 17.1 Å². The summed E-state index contributed by atoms with van der Waals surface area (Å²) in [6, 6.07) is 87.0. The molecule has 0 atom stereocenters. The molecule has 12 rings (SSSR count). The second-order valence-electron chi connectivity index (χ2n) is 16.1. The van der Waals surface area contributed by atoms with Gasteiger partial charge in [0.25, 0.3) is 0 Å². The van der Waals surface area contributed by atoms with Gasteiger partial charge in [-0.25, -0.2) is 0 Å². The van der Waals surface area contributed by atoms with Crippen molar-refractivity contribution in [2.24, 2.45) is 0 Å². The number of fused-ring (bicyclic) bond motifs is 9. The van der Waals surface area contributed by atoms with Gasteiger partial charge in [0.15, 0.2) is 0 Å². The number of benzene rings is 12. The van der Waals surface area contributed by atoms with Gasteiger partial charge in [0.05, 0.1) is 0 Å². The van der Waals surface area contributed by atoms with Crippen LogP contribution in [0.25, 0.3) is 98.0 Å². The zero-order valence-electron chi connectivity index (χ0n) is 33.5. The summed E-state index contributed by atoms with van der Waals surface area (Å²) in [6.07, 6.45) is 0. The zero-order chi connectivity index (χ0) is 40.3. The number of hydrogen-bond acceptors (Lipinski definition) is 1. The largest absolute Gasteiger partial charge is 0.310 e. The maximum atomic E-state index is 2.44. The number of anilines is 3. The highest BCUT2D eigenvalue weighted by molar-refractivity contribution is 6.16. The van der Waals surface area contributed by atoms with Crippen LogP contribution in [0, 0.1) is 0 Å². The van der Waals surface area contributed by atoms with Crippen molar-refractivity contribution in [3.63, 3.8) is 0 Å². The molecule has 0 aliphatic heterocycles. The van der Waals surface area contributed by atoms with E-state index in [9.17, 15) is 0 Å². The van der Waals surface area contributed by atoms with E-state index < -0.39 is 0 Å². The minimum Gasteiger partial charge on any atom is -0.310 e. The summed E-state index contributed by atoms with van der Waals surface area (Å²) >= 11 is 0. The predicted molar refractivity (Wildman–Crippen MR) is 262 cm³/mol. The van der Waals surface area contributed by atoms with Gasteiger partial charge < -0.3 is 4.90 Å². The molecule has 0 saturated carbocycles. The van der Waals surface area contributed by atoms with Gasteiger partial charge in [-0.2, -0.15) is 0 Å². The average Bonchev–Trinajstić information content (AvgIpc) is 3.33. The van der Waals surface area contributed by atoms with Crippen molar-refractivity contribution in [2.75, 3.05) is 4.90 Å². The quantitative estimate of drug-likeness (QED) is 0.152. The zero-order valence-corrected chi connectivity index (χ0v) is 33.5. The molecule has 0 aromatic heterocycles. The second-order valence-corrected chi connectivity index (χ2v) is 16.1. The molecule has 0 spiro atoms. The molecule has 12 aromatic rings. The van der Waals surface area contributed by atoms with Gasteiger partial charge in [-0.1, -0.05) is 182 Å². The molecule has 0 bridgehead atoms. The first-order valence-corrected chi connectivity index (χ1v) is 21.1. The highest BCUT2D eigenvalue weighted by Gasteiger charge is 2.19. The summed E-state index contributed by atoms with van der Waals surface area (Å²) in [5.74, 6) is 0. The summed E-state index contributed by atoms with van der Waals surface area (Å²) in [7, 11) is 0. The van der Waals surface area contributed by atoms with E-state index in [1.807, 2.05) is 0 Å². The highest BCUT2D eigenvalue weighted by atomic mass is 15.1. The van der Waals surface area contributed by atoms with Crippen LogP contribution >= 0.6 is 0 Å². The van der Waals surface area contributed by atoms with Crippen molar-refractivity contribution in [2.45, 2.75) is 0 Å². The van der Waals surface area contributed by atoms with Gasteiger partial charge in [-0.05, 0) is 153 Å². The maximum Gasteiger partial charge on any atom is 0.0467 e. The second kappa shape index (κ2) is 14.4. The Morgan fingerprint density at radius 2 is 0.459 bits per heavy atom. The Balaban J connectivity index is 1.08. The molecule has 0 radical (unpaired) electrons. The molecule has 0 aliphatic rings. The Labute approximate surface area is 355 Å². The fourth-order valence-electron chi connectivity index (χ4n) is 9.76. The van der Waals surface area contributed by atoms with Crippen LogP contribution < -0.4 is 4.90 Å². The Bertz CT molecular complexity index is 3280. The minimum atomic E-state index is 1.09. The normalized spacial score (nSPS) is 11.6. The van der Waals surface area contributed by atoms with Crippen molar-refractivity contribution in [1.29, 1.82) is 0 Å². The molecule has 1 heteroatoms. The van der Waals surface area contributed by atoms with Gasteiger partial charge >= 0.3 is 0 Å². The van der Waals surface area contributed by atoms with Gasteiger partial charge in [-0.15, -0.1) is 0 Å². The van der Waals surface area contributed by atoms with Crippen molar-refractivity contribution in [1.82, 2.24) is 0 Å². The molecule has 61 heavy (non-hydrogen) atoms. The van der Waals surface area contributed by atoms with E-state index >= 15 is 0 Å². The molecule has 0 amide bonds. The van der Waals surface area contributed by atoms with E-state index in [1.165, 1.54) is 98.0 Å². The molecular formula is C60H39N. The van der Waals surface area contributed by atoms with E-state index in [1.54, 1.807) is 0 Å². The van der Waals surface area contributed by atoms with Crippen LogP contribution in [0.5, 0.6) is 0 Å². The third kappa shape index (κ3) is 5.93. The van der Waals surface area contributed by atoms with Crippen molar-refractivity contribution in [3.05, 3.63) is 237 Å². The van der Waals surface area contributed by atoms with Crippen LogP contribution in [0.2, 0.25) is 0 Å². The van der Waals surface area contributed by atoms with E-state index in [0.717, 1.165) is 17.1 Å². The lowest BCUT2D eigenvalue weighted by molar-refractivity contribution is 1.28. The van der Waals surface area contributed by atoms with E-state index in [2.05, 4.69) is 241 Å². The van der Waals surface area contributed by atoms with Crippen molar-refractivity contribution in [3.8, 4) is 33.4 Å². The smallest absolute Gasteiger partial charge is 0.0467 e. The maximum absolute atomic E-state index is 2.44. The molecule has 284 valence electrons. The Morgan fingerprint density at radius 3 is 0.770 bits per heavy atom. The standard InChI is InChI=1S/C60H39N/c1-4-25-49-43(16-1)37-58(55-31-10-7-28-52(49)55)40-19-13-22-46(34-40)61(47-23-14-20-41(35-47)59-38-44-17-2-5-26-50(44)53-29-8-11-32-56(53)59)48-24-15-21-42(36-48)60-39-45-18-3-6-27-51(45)54-30-9-12-33-57(54)60/h1-39H. The minimum absolute atomic E-state index is 1.09. The van der Waals surface area contributed by atoms with E-state index in [4.69, 9.17) is 0 Å². The van der Waals surface area contributed by atoms with Crippen molar-refractivity contribution < 1.29 is 0 Å². The lowest BCUT2D eigenvalue weighted by atomic mass is 9.92. The molecule has 0 fully saturated rings. The number of nitrogens with zero attached hydrogens (tertiary/aromatic N) is 1. The van der Waals surface area contributed by atoms with Crippen LogP contribution in [-0.2, 0) is 0 Å². The molecule has 0 aliphatic carbocycles. The van der Waals surface area contributed by atoms with Crippen molar-refractivity contribution >= 4 is 81.7 Å². The Morgan fingerprint density at radius 1 is 0.197 bits per heavy atom. The monoisotopic (exact) mass is 773 g/mol. The molecular weight excluding hydrogens is 735 g/mol. The molecule has 0 N–H and O–H groups in total.